The number of alkyl halides is 3. The number of piperidine rings is 1. The molecule has 14 heavy (non-hydrogen) atoms. The number of hydrogen-bond acceptors (Lipinski definition) is 3. The van der Waals surface area contributed by atoms with Gasteiger partial charge < -0.3 is 4.55 Å². The first-order chi connectivity index (χ1) is 6.38. The van der Waals surface area contributed by atoms with Crippen LogP contribution in [0.3, 0.4) is 0 Å². The van der Waals surface area contributed by atoms with Crippen LogP contribution in [0, 0.1) is 0 Å². The fraction of sp³-hybridized carbons (Fsp3) is 1.00. The van der Waals surface area contributed by atoms with Crippen molar-refractivity contribution in [3.8, 4) is 0 Å². The number of nitrogens with two attached hydrogens (primary N) is 1. The van der Waals surface area contributed by atoms with Gasteiger partial charge in [0.15, 0.2) is 0 Å². The molecule has 1 aliphatic rings. The summed E-state index contributed by atoms with van der Waals surface area (Å²) in [5.74, 6) is 0. The van der Waals surface area contributed by atoms with Gasteiger partial charge in [0.25, 0.3) is 0 Å². The molecule has 1 aliphatic heterocycles. The molecule has 3 nitrogen and oxygen atoms in total. The average molecular weight is 230 g/mol. The third-order valence-electron chi connectivity index (χ3n) is 2.27. The van der Waals surface area contributed by atoms with E-state index in [0.29, 0.717) is 25.9 Å². The number of nitrogens with zero attached hydrogens (tertiary/aromatic N) is 1. The standard InChI is InChI=1S/C7H13F3N2OS/c8-7(9,10)5-12-3-1-6(2-4-12)14(11)13/h6H,1-5,11H2. The normalized spacial score (nSPS) is 23.8. The predicted octanol–water partition coefficient (Wildman–Crippen LogP) is 0.636. The smallest absolute Gasteiger partial charge is 0.401 e. The van der Waals surface area contributed by atoms with E-state index in [9.17, 15) is 17.7 Å². The highest BCUT2D eigenvalue weighted by molar-refractivity contribution is 7.89. The molecule has 1 unspecified atom stereocenters. The van der Waals surface area contributed by atoms with Crippen LogP contribution < -0.4 is 5.14 Å². The van der Waals surface area contributed by atoms with Gasteiger partial charge in [-0.25, -0.2) is 0 Å². The number of hydrogen-bond donors (Lipinski definition) is 1. The van der Waals surface area contributed by atoms with Crippen molar-refractivity contribution >= 4 is 11.4 Å². The first kappa shape index (κ1) is 12.1. The fourth-order valence-electron chi connectivity index (χ4n) is 1.55. The molecule has 2 N–H and O–H groups in total. The maximum atomic E-state index is 12.0. The highest BCUT2D eigenvalue weighted by atomic mass is 32.2. The monoisotopic (exact) mass is 230 g/mol. The highest BCUT2D eigenvalue weighted by Crippen LogP contribution is 2.21. The van der Waals surface area contributed by atoms with Crippen LogP contribution >= 0.6 is 0 Å². The second kappa shape index (κ2) is 4.69. The molecular formula is C7H13F3N2OS. The summed E-state index contributed by atoms with van der Waals surface area (Å²) in [6.07, 6.45) is -3.17. The molecular weight excluding hydrogens is 217 g/mol. The van der Waals surface area contributed by atoms with Gasteiger partial charge >= 0.3 is 6.18 Å². The molecule has 1 saturated heterocycles. The molecule has 0 aromatic carbocycles. The van der Waals surface area contributed by atoms with E-state index < -0.39 is 24.1 Å². The maximum Gasteiger partial charge on any atom is 0.401 e. The molecule has 1 heterocycles. The molecule has 0 radical (unpaired) electrons. The van der Waals surface area contributed by atoms with E-state index in [-0.39, 0.29) is 5.25 Å². The lowest BCUT2D eigenvalue weighted by molar-refractivity contribution is -0.147. The van der Waals surface area contributed by atoms with E-state index in [4.69, 9.17) is 5.14 Å². The third kappa shape index (κ3) is 4.04. The lowest BCUT2D eigenvalue weighted by atomic mass is 10.1. The Hall–Kier alpha value is 0.0200. The van der Waals surface area contributed by atoms with Crippen molar-refractivity contribution in [1.82, 2.24) is 4.90 Å². The van der Waals surface area contributed by atoms with Gasteiger partial charge in [-0.2, -0.15) is 18.3 Å². The van der Waals surface area contributed by atoms with Crippen LogP contribution in [-0.2, 0) is 11.4 Å². The topological polar surface area (TPSA) is 52.3 Å². The Morgan fingerprint density at radius 3 is 2.21 bits per heavy atom. The van der Waals surface area contributed by atoms with Crippen LogP contribution in [0.15, 0.2) is 0 Å². The van der Waals surface area contributed by atoms with Crippen LogP contribution in [0.4, 0.5) is 13.2 Å². The first-order valence-electron chi connectivity index (χ1n) is 4.32. The van der Waals surface area contributed by atoms with Crippen molar-refractivity contribution in [2.45, 2.75) is 24.3 Å². The summed E-state index contributed by atoms with van der Waals surface area (Å²) in [6.45, 7) is -0.225. The van der Waals surface area contributed by atoms with E-state index in [0.717, 1.165) is 0 Å². The Morgan fingerprint density at radius 2 is 1.86 bits per heavy atom. The summed E-state index contributed by atoms with van der Waals surface area (Å²) >= 11 is -1.40. The number of halogens is 3. The molecule has 84 valence electrons. The molecule has 0 aliphatic carbocycles. The zero-order valence-corrected chi connectivity index (χ0v) is 8.40. The summed E-state index contributed by atoms with van der Waals surface area (Å²) < 4.78 is 46.7. The summed E-state index contributed by atoms with van der Waals surface area (Å²) in [5, 5.41) is 5.03. The minimum atomic E-state index is -4.14. The Labute approximate surface area is 83.7 Å². The number of rotatable bonds is 2. The molecule has 0 spiro atoms. The highest BCUT2D eigenvalue weighted by Gasteiger charge is 2.34. The minimum absolute atomic E-state index is 0.139. The predicted molar refractivity (Wildman–Crippen MR) is 47.8 cm³/mol. The zero-order valence-electron chi connectivity index (χ0n) is 7.59. The van der Waals surface area contributed by atoms with Gasteiger partial charge in [0, 0.05) is 37.3 Å². The second-order valence-electron chi connectivity index (χ2n) is 3.42. The van der Waals surface area contributed by atoms with Crippen molar-refractivity contribution < 1.29 is 17.7 Å². The van der Waals surface area contributed by atoms with Crippen LogP contribution in [0.25, 0.3) is 0 Å². The summed E-state index contributed by atoms with van der Waals surface area (Å²) in [7, 11) is 0. The van der Waals surface area contributed by atoms with E-state index in [2.05, 4.69) is 0 Å². The Balaban J connectivity index is 2.29. The Kier molecular flexibility index (Phi) is 4.05. The van der Waals surface area contributed by atoms with Crippen LogP contribution in [-0.4, -0.2) is 40.5 Å². The molecule has 1 atom stereocenters. The van der Waals surface area contributed by atoms with Crippen molar-refractivity contribution in [2.24, 2.45) is 5.14 Å². The number of likely N-dealkylation sites (tertiary alicyclic amines) is 1. The van der Waals surface area contributed by atoms with Gasteiger partial charge in [0.2, 0.25) is 0 Å². The zero-order chi connectivity index (χ0) is 10.8. The molecule has 1 rings (SSSR count). The van der Waals surface area contributed by atoms with E-state index in [1.165, 1.54) is 4.90 Å². The summed E-state index contributed by atoms with van der Waals surface area (Å²) in [6, 6.07) is 0. The average Bonchev–Trinajstić information content (AvgIpc) is 2.02. The quantitative estimate of drug-likeness (QED) is 0.708. The molecule has 0 saturated carbocycles. The maximum absolute atomic E-state index is 12.0. The van der Waals surface area contributed by atoms with Crippen molar-refractivity contribution in [1.29, 1.82) is 0 Å². The molecule has 0 bridgehead atoms. The van der Waals surface area contributed by atoms with Gasteiger partial charge in [-0.15, -0.1) is 0 Å². The van der Waals surface area contributed by atoms with Crippen molar-refractivity contribution in [3.05, 3.63) is 0 Å². The molecule has 7 heteroatoms. The van der Waals surface area contributed by atoms with E-state index in [1.54, 1.807) is 0 Å². The molecule has 0 aromatic rings. The largest absolute Gasteiger partial charge is 0.598 e. The van der Waals surface area contributed by atoms with E-state index >= 15 is 0 Å². The fourth-order valence-corrected chi connectivity index (χ4v) is 2.23. The van der Waals surface area contributed by atoms with Gasteiger partial charge in [0.1, 0.15) is 5.25 Å². The van der Waals surface area contributed by atoms with Gasteiger partial charge in [0.05, 0.1) is 6.54 Å². The Morgan fingerprint density at radius 1 is 1.36 bits per heavy atom. The van der Waals surface area contributed by atoms with Gasteiger partial charge in [-0.1, -0.05) is 0 Å². The van der Waals surface area contributed by atoms with Gasteiger partial charge in [-0.05, 0) is 0 Å². The SMILES string of the molecule is N[S+]([O-])C1CCN(CC(F)(F)F)CC1. The lowest BCUT2D eigenvalue weighted by Crippen LogP contribution is -2.44. The van der Waals surface area contributed by atoms with Crippen molar-refractivity contribution in [3.63, 3.8) is 0 Å². The summed E-state index contributed by atoms with van der Waals surface area (Å²) in [5.41, 5.74) is 0. The van der Waals surface area contributed by atoms with Crippen molar-refractivity contribution in [2.75, 3.05) is 19.6 Å². The molecule has 0 amide bonds. The minimum Gasteiger partial charge on any atom is -0.598 e. The lowest BCUT2D eigenvalue weighted by Gasteiger charge is -2.31. The second-order valence-corrected chi connectivity index (χ2v) is 4.74. The molecule has 0 aromatic heterocycles. The van der Waals surface area contributed by atoms with Crippen LogP contribution in [0.5, 0.6) is 0 Å². The van der Waals surface area contributed by atoms with E-state index in [1.807, 2.05) is 0 Å². The van der Waals surface area contributed by atoms with Gasteiger partial charge in [-0.3, -0.25) is 4.90 Å². The summed E-state index contributed by atoms with van der Waals surface area (Å²) in [4.78, 5) is 1.32. The third-order valence-corrected chi connectivity index (χ3v) is 3.39. The Bertz CT molecular complexity index is 180. The van der Waals surface area contributed by atoms with Crippen LogP contribution in [0.2, 0.25) is 0 Å². The first-order valence-corrected chi connectivity index (χ1v) is 5.60. The molecule has 1 fully saturated rings. The van der Waals surface area contributed by atoms with Crippen LogP contribution in [0.1, 0.15) is 12.8 Å².